The molecule has 1 aromatic rings. The van der Waals surface area contributed by atoms with Crippen molar-refractivity contribution in [3.05, 3.63) is 42.0 Å². The molecule has 0 amide bonds. The summed E-state index contributed by atoms with van der Waals surface area (Å²) in [4.78, 5) is 11.4. The summed E-state index contributed by atoms with van der Waals surface area (Å²) in [5, 5.41) is 0. The molecule has 0 aromatic heterocycles. The number of rotatable bonds is 7. The second-order valence-electron chi connectivity index (χ2n) is 3.53. The van der Waals surface area contributed by atoms with Crippen LogP contribution in [0.15, 0.2) is 36.4 Å². The van der Waals surface area contributed by atoms with Crippen LogP contribution in [0.4, 0.5) is 0 Å². The third kappa shape index (κ3) is 6.34. The van der Waals surface area contributed by atoms with Crippen molar-refractivity contribution in [3.8, 4) is 12.3 Å². The predicted molar refractivity (Wildman–Crippen MR) is 69.4 cm³/mol. The summed E-state index contributed by atoms with van der Waals surface area (Å²) in [7, 11) is 0. The van der Waals surface area contributed by atoms with Crippen LogP contribution in [0.5, 0.6) is 0 Å². The molecule has 0 saturated carbocycles. The van der Waals surface area contributed by atoms with Crippen molar-refractivity contribution >= 4 is 11.9 Å². The van der Waals surface area contributed by atoms with Crippen molar-refractivity contribution in [2.24, 2.45) is 0 Å². The van der Waals surface area contributed by atoms with Gasteiger partial charge < -0.3 is 4.74 Å². The summed E-state index contributed by atoms with van der Waals surface area (Å²) in [6.07, 6.45) is 9.46. The molecular weight excluding hydrogens is 212 g/mol. The molecule has 0 heterocycles. The van der Waals surface area contributed by atoms with Gasteiger partial charge in [0.2, 0.25) is 0 Å². The van der Waals surface area contributed by atoms with E-state index in [-0.39, 0.29) is 5.78 Å². The molecule has 0 aliphatic rings. The van der Waals surface area contributed by atoms with Gasteiger partial charge in [0.1, 0.15) is 0 Å². The van der Waals surface area contributed by atoms with E-state index >= 15 is 0 Å². The van der Waals surface area contributed by atoms with E-state index in [0.29, 0.717) is 26.1 Å². The Morgan fingerprint density at radius 2 is 2.06 bits per heavy atom. The van der Waals surface area contributed by atoms with Crippen molar-refractivity contribution in [2.75, 3.05) is 13.2 Å². The molecule has 0 N–H and O–H groups in total. The summed E-state index contributed by atoms with van der Waals surface area (Å²) < 4.78 is 5.20. The van der Waals surface area contributed by atoms with Gasteiger partial charge in [0.15, 0.2) is 5.78 Å². The van der Waals surface area contributed by atoms with E-state index < -0.39 is 0 Å². The van der Waals surface area contributed by atoms with Gasteiger partial charge in [-0.15, -0.1) is 12.3 Å². The minimum Gasteiger partial charge on any atom is -0.380 e. The molecule has 0 atom stereocenters. The molecule has 0 radical (unpaired) electrons. The summed E-state index contributed by atoms with van der Waals surface area (Å²) in [6.45, 7) is 0.950. The number of allylic oxidation sites excluding steroid dienone is 1. The smallest absolute Gasteiger partial charge is 0.158 e. The summed E-state index contributed by atoms with van der Waals surface area (Å²) in [5.74, 6) is 2.54. The molecule has 0 fully saturated rings. The van der Waals surface area contributed by atoms with Gasteiger partial charge in [0.05, 0.1) is 13.2 Å². The molecule has 0 aliphatic carbocycles. The standard InChI is InChI=1S/C15H16O2/c1-2-3-12-17-13-11-15(16)10-9-14-7-5-4-6-8-14/h1,4-10H,3,11-13H2/b10-9+. The molecule has 0 aliphatic heterocycles. The average Bonchev–Trinajstić information content (AvgIpc) is 2.37. The summed E-state index contributed by atoms with van der Waals surface area (Å²) in [6, 6.07) is 9.72. The number of carbonyl (C=O) groups excluding carboxylic acids is 1. The highest BCUT2D eigenvalue weighted by atomic mass is 16.5. The van der Waals surface area contributed by atoms with E-state index in [9.17, 15) is 4.79 Å². The Kier molecular flexibility index (Phi) is 6.47. The molecule has 2 heteroatoms. The van der Waals surface area contributed by atoms with E-state index in [1.807, 2.05) is 36.4 Å². The maximum absolute atomic E-state index is 11.4. The Bertz CT molecular complexity index is 399. The van der Waals surface area contributed by atoms with Gasteiger partial charge in [-0.3, -0.25) is 4.79 Å². The van der Waals surface area contributed by atoms with Gasteiger partial charge in [-0.05, 0) is 11.6 Å². The lowest BCUT2D eigenvalue weighted by atomic mass is 10.2. The Balaban J connectivity index is 2.21. The largest absolute Gasteiger partial charge is 0.380 e. The van der Waals surface area contributed by atoms with E-state index in [2.05, 4.69) is 5.92 Å². The molecule has 1 rings (SSSR count). The molecule has 1 aromatic carbocycles. The fraction of sp³-hybridized carbons (Fsp3) is 0.267. The molecular formula is C15H16O2. The van der Waals surface area contributed by atoms with Crippen LogP contribution in [0.25, 0.3) is 6.08 Å². The summed E-state index contributed by atoms with van der Waals surface area (Å²) in [5.41, 5.74) is 1.02. The van der Waals surface area contributed by atoms with Gasteiger partial charge >= 0.3 is 0 Å². The minimum atomic E-state index is 0.0644. The highest BCUT2D eigenvalue weighted by Crippen LogP contribution is 2.01. The number of hydrogen-bond acceptors (Lipinski definition) is 2. The van der Waals surface area contributed by atoms with Crippen molar-refractivity contribution < 1.29 is 9.53 Å². The zero-order valence-corrected chi connectivity index (χ0v) is 9.76. The van der Waals surface area contributed by atoms with Crippen LogP contribution in [-0.2, 0) is 9.53 Å². The van der Waals surface area contributed by atoms with Crippen LogP contribution in [0.1, 0.15) is 18.4 Å². The maximum atomic E-state index is 11.4. The average molecular weight is 228 g/mol. The maximum Gasteiger partial charge on any atom is 0.158 e. The first-order valence-corrected chi connectivity index (χ1v) is 5.60. The van der Waals surface area contributed by atoms with Crippen LogP contribution in [0.3, 0.4) is 0 Å². The van der Waals surface area contributed by atoms with E-state index in [1.165, 1.54) is 0 Å². The van der Waals surface area contributed by atoms with E-state index in [0.717, 1.165) is 5.56 Å². The molecule has 17 heavy (non-hydrogen) atoms. The van der Waals surface area contributed by atoms with E-state index in [1.54, 1.807) is 6.08 Å². The number of ketones is 1. The van der Waals surface area contributed by atoms with Crippen molar-refractivity contribution in [3.63, 3.8) is 0 Å². The monoisotopic (exact) mass is 228 g/mol. The van der Waals surface area contributed by atoms with Gasteiger partial charge in [0.25, 0.3) is 0 Å². The van der Waals surface area contributed by atoms with Crippen molar-refractivity contribution in [1.82, 2.24) is 0 Å². The second kappa shape index (κ2) is 8.32. The first-order valence-electron chi connectivity index (χ1n) is 5.60. The third-order valence-electron chi connectivity index (χ3n) is 2.14. The number of ether oxygens (including phenoxy) is 1. The SMILES string of the molecule is C#CCCOCCC(=O)/C=C/c1ccccc1. The molecule has 0 spiro atoms. The molecule has 0 saturated heterocycles. The quantitative estimate of drug-likeness (QED) is 0.407. The highest BCUT2D eigenvalue weighted by Gasteiger charge is 1.96. The third-order valence-corrected chi connectivity index (χ3v) is 2.14. The van der Waals surface area contributed by atoms with Gasteiger partial charge in [-0.1, -0.05) is 36.4 Å². The van der Waals surface area contributed by atoms with Crippen LogP contribution >= 0.6 is 0 Å². The summed E-state index contributed by atoms with van der Waals surface area (Å²) >= 11 is 0. The normalized spacial score (nSPS) is 10.3. The molecule has 0 unspecified atom stereocenters. The predicted octanol–water partition coefficient (Wildman–Crippen LogP) is 2.70. The zero-order valence-electron chi connectivity index (χ0n) is 9.76. The molecule has 2 nitrogen and oxygen atoms in total. The van der Waals surface area contributed by atoms with Gasteiger partial charge in [0, 0.05) is 12.8 Å². The van der Waals surface area contributed by atoms with Crippen LogP contribution in [0, 0.1) is 12.3 Å². The first-order chi connectivity index (χ1) is 8.33. The minimum absolute atomic E-state index is 0.0644. The Morgan fingerprint density at radius 1 is 1.29 bits per heavy atom. The van der Waals surface area contributed by atoms with Crippen LogP contribution in [0.2, 0.25) is 0 Å². The topological polar surface area (TPSA) is 26.3 Å². The number of terminal acetylenes is 1. The Hall–Kier alpha value is -1.85. The van der Waals surface area contributed by atoms with Crippen molar-refractivity contribution in [1.29, 1.82) is 0 Å². The van der Waals surface area contributed by atoms with Crippen molar-refractivity contribution in [2.45, 2.75) is 12.8 Å². The fourth-order valence-electron chi connectivity index (χ4n) is 1.24. The number of hydrogen-bond donors (Lipinski definition) is 0. The second-order valence-corrected chi connectivity index (χ2v) is 3.53. The Labute approximate surface area is 102 Å². The highest BCUT2D eigenvalue weighted by molar-refractivity contribution is 5.93. The van der Waals surface area contributed by atoms with Crippen LogP contribution < -0.4 is 0 Å². The zero-order chi connectivity index (χ0) is 12.3. The molecule has 88 valence electrons. The van der Waals surface area contributed by atoms with E-state index in [4.69, 9.17) is 11.2 Å². The lowest BCUT2D eigenvalue weighted by Gasteiger charge is -1.98. The Morgan fingerprint density at radius 3 is 2.76 bits per heavy atom. The molecule has 0 bridgehead atoms. The number of benzene rings is 1. The first kappa shape index (κ1) is 13.2. The fourth-order valence-corrected chi connectivity index (χ4v) is 1.24. The van der Waals surface area contributed by atoms with Gasteiger partial charge in [-0.25, -0.2) is 0 Å². The van der Waals surface area contributed by atoms with Crippen LogP contribution in [-0.4, -0.2) is 19.0 Å². The van der Waals surface area contributed by atoms with Gasteiger partial charge in [-0.2, -0.15) is 0 Å². The number of carbonyl (C=O) groups is 1. The lowest BCUT2D eigenvalue weighted by Crippen LogP contribution is -2.02. The lowest BCUT2D eigenvalue weighted by molar-refractivity contribution is -0.115.